The second-order valence-corrected chi connectivity index (χ2v) is 2.96. The van der Waals surface area contributed by atoms with E-state index in [0.717, 1.165) is 0 Å². The van der Waals surface area contributed by atoms with Crippen molar-refractivity contribution in [2.45, 2.75) is 20.8 Å². The van der Waals surface area contributed by atoms with Crippen LogP contribution in [0, 0.1) is 0 Å². The van der Waals surface area contributed by atoms with Crippen molar-refractivity contribution in [1.29, 1.82) is 0 Å². The highest BCUT2D eigenvalue weighted by atomic mass is 16.5. The maximum atomic E-state index is 11.6. The van der Waals surface area contributed by atoms with Gasteiger partial charge < -0.3 is 14.2 Å². The molecule has 0 spiro atoms. The van der Waals surface area contributed by atoms with Gasteiger partial charge in [-0.3, -0.25) is 0 Å². The molecule has 0 aliphatic rings. The molecular weight excluding hydrogens is 224 g/mol. The Kier molecular flexibility index (Phi) is 5.19. The summed E-state index contributed by atoms with van der Waals surface area (Å²) < 4.78 is 15.3. The quantitative estimate of drug-likeness (QED) is 0.701. The minimum absolute atomic E-state index is 0.184. The predicted molar refractivity (Wildman–Crippen MR) is 60.3 cm³/mol. The third kappa shape index (κ3) is 3.58. The first-order valence-corrected chi connectivity index (χ1v) is 5.52. The number of ether oxygens (including phenoxy) is 3. The number of aromatic nitrogens is 2. The molecule has 6 heteroatoms. The topological polar surface area (TPSA) is 70.5 Å². The summed E-state index contributed by atoms with van der Waals surface area (Å²) in [6, 6.07) is 0.184. The highest BCUT2D eigenvalue weighted by Crippen LogP contribution is 2.18. The Morgan fingerprint density at radius 3 is 2.47 bits per heavy atom. The number of hydrogen-bond acceptors (Lipinski definition) is 6. The van der Waals surface area contributed by atoms with Crippen LogP contribution in [0.4, 0.5) is 0 Å². The van der Waals surface area contributed by atoms with Gasteiger partial charge in [-0.15, -0.1) is 0 Å². The van der Waals surface area contributed by atoms with Gasteiger partial charge in [-0.1, -0.05) is 0 Å². The van der Waals surface area contributed by atoms with E-state index in [1.54, 1.807) is 13.8 Å². The molecule has 0 N–H and O–H groups in total. The van der Waals surface area contributed by atoms with Crippen LogP contribution in [-0.2, 0) is 4.74 Å². The molecular formula is C11H16N2O4. The van der Waals surface area contributed by atoms with Crippen molar-refractivity contribution < 1.29 is 19.0 Å². The third-order valence-electron chi connectivity index (χ3n) is 1.78. The second-order valence-electron chi connectivity index (χ2n) is 2.96. The molecule has 0 atom stereocenters. The Morgan fingerprint density at radius 2 is 1.88 bits per heavy atom. The fraction of sp³-hybridized carbons (Fsp3) is 0.545. The largest absolute Gasteiger partial charge is 0.477 e. The summed E-state index contributed by atoms with van der Waals surface area (Å²) in [4.78, 5) is 19.5. The summed E-state index contributed by atoms with van der Waals surface area (Å²) >= 11 is 0. The summed E-state index contributed by atoms with van der Waals surface area (Å²) in [5.74, 6) is -0.316. The zero-order chi connectivity index (χ0) is 12.7. The highest BCUT2D eigenvalue weighted by Gasteiger charge is 2.17. The Hall–Kier alpha value is -1.85. The van der Waals surface area contributed by atoms with Gasteiger partial charge in [-0.2, -0.15) is 4.98 Å². The molecule has 1 heterocycles. The fourth-order valence-electron chi connectivity index (χ4n) is 1.15. The summed E-state index contributed by atoms with van der Waals surface area (Å²) in [5, 5.41) is 0. The minimum atomic E-state index is -0.501. The summed E-state index contributed by atoms with van der Waals surface area (Å²) in [7, 11) is 0. The van der Waals surface area contributed by atoms with Crippen LogP contribution in [-0.4, -0.2) is 35.8 Å². The van der Waals surface area contributed by atoms with Crippen LogP contribution >= 0.6 is 0 Å². The molecule has 0 saturated carbocycles. The molecule has 0 bridgehead atoms. The number of nitrogens with zero attached hydrogens (tertiary/aromatic N) is 2. The first-order valence-electron chi connectivity index (χ1n) is 5.52. The Labute approximate surface area is 99.9 Å². The van der Waals surface area contributed by atoms with Gasteiger partial charge in [0.2, 0.25) is 5.88 Å². The smallest absolute Gasteiger partial charge is 0.345 e. The lowest BCUT2D eigenvalue weighted by Crippen LogP contribution is -2.11. The number of esters is 1. The van der Waals surface area contributed by atoms with Gasteiger partial charge in [-0.05, 0) is 20.8 Å². The molecule has 0 saturated heterocycles. The van der Waals surface area contributed by atoms with Crippen molar-refractivity contribution >= 4 is 5.97 Å². The molecule has 0 aliphatic heterocycles. The molecule has 0 aromatic carbocycles. The van der Waals surface area contributed by atoms with Crippen molar-refractivity contribution in [1.82, 2.24) is 9.97 Å². The standard InChI is InChI=1S/C11H16N2O4/c1-4-15-9-8(10(14)16-5-2)7-12-11(13-9)17-6-3/h7H,4-6H2,1-3H3. The molecule has 0 amide bonds. The van der Waals surface area contributed by atoms with Gasteiger partial charge in [0.15, 0.2) is 0 Å². The van der Waals surface area contributed by atoms with E-state index in [1.807, 2.05) is 6.92 Å². The van der Waals surface area contributed by atoms with E-state index >= 15 is 0 Å². The average molecular weight is 240 g/mol. The van der Waals surface area contributed by atoms with Crippen molar-refractivity contribution in [3.63, 3.8) is 0 Å². The zero-order valence-corrected chi connectivity index (χ0v) is 10.2. The van der Waals surface area contributed by atoms with Crippen molar-refractivity contribution in [3.8, 4) is 11.9 Å². The maximum absolute atomic E-state index is 11.6. The summed E-state index contributed by atoms with van der Waals surface area (Å²) in [6.45, 7) is 6.49. The van der Waals surface area contributed by atoms with Crippen LogP contribution in [0.3, 0.4) is 0 Å². The molecule has 94 valence electrons. The van der Waals surface area contributed by atoms with Crippen molar-refractivity contribution in [2.24, 2.45) is 0 Å². The number of carbonyl (C=O) groups excluding carboxylic acids is 1. The molecule has 6 nitrogen and oxygen atoms in total. The van der Waals surface area contributed by atoms with Gasteiger partial charge in [0.05, 0.1) is 26.0 Å². The predicted octanol–water partition coefficient (Wildman–Crippen LogP) is 1.45. The van der Waals surface area contributed by atoms with E-state index in [0.29, 0.717) is 13.2 Å². The van der Waals surface area contributed by atoms with E-state index < -0.39 is 5.97 Å². The van der Waals surface area contributed by atoms with E-state index in [4.69, 9.17) is 14.2 Å². The van der Waals surface area contributed by atoms with E-state index in [1.165, 1.54) is 6.20 Å². The Balaban J connectivity index is 2.98. The Bertz CT molecular complexity index is 382. The normalized spacial score (nSPS) is 9.82. The highest BCUT2D eigenvalue weighted by molar-refractivity contribution is 5.91. The van der Waals surface area contributed by atoms with Gasteiger partial charge in [0.25, 0.3) is 0 Å². The van der Waals surface area contributed by atoms with Crippen LogP contribution in [0.2, 0.25) is 0 Å². The average Bonchev–Trinajstić information content (AvgIpc) is 2.30. The summed E-state index contributed by atoms with van der Waals surface area (Å²) in [6.07, 6.45) is 1.35. The van der Waals surface area contributed by atoms with Gasteiger partial charge >= 0.3 is 12.0 Å². The lowest BCUT2D eigenvalue weighted by atomic mass is 10.3. The molecule has 1 aromatic rings. The zero-order valence-electron chi connectivity index (χ0n) is 10.2. The van der Waals surface area contributed by atoms with Crippen LogP contribution in [0.15, 0.2) is 6.20 Å². The number of carbonyl (C=O) groups is 1. The first kappa shape index (κ1) is 13.2. The third-order valence-corrected chi connectivity index (χ3v) is 1.78. The van der Waals surface area contributed by atoms with Crippen LogP contribution in [0.1, 0.15) is 31.1 Å². The lowest BCUT2D eigenvalue weighted by Gasteiger charge is -2.09. The van der Waals surface area contributed by atoms with Crippen LogP contribution < -0.4 is 9.47 Å². The second kappa shape index (κ2) is 6.67. The van der Waals surface area contributed by atoms with E-state index in [2.05, 4.69) is 9.97 Å². The SMILES string of the molecule is CCOC(=O)c1cnc(OCC)nc1OCC. The van der Waals surface area contributed by atoms with Gasteiger partial charge in [0.1, 0.15) is 5.56 Å². The molecule has 17 heavy (non-hydrogen) atoms. The van der Waals surface area contributed by atoms with Gasteiger partial charge in [0, 0.05) is 0 Å². The monoisotopic (exact) mass is 240 g/mol. The van der Waals surface area contributed by atoms with Crippen LogP contribution in [0.25, 0.3) is 0 Å². The minimum Gasteiger partial charge on any atom is -0.477 e. The Morgan fingerprint density at radius 1 is 1.18 bits per heavy atom. The summed E-state index contributed by atoms with van der Waals surface area (Å²) in [5.41, 5.74) is 0.206. The number of hydrogen-bond donors (Lipinski definition) is 0. The van der Waals surface area contributed by atoms with Crippen molar-refractivity contribution in [3.05, 3.63) is 11.8 Å². The fourth-order valence-corrected chi connectivity index (χ4v) is 1.15. The maximum Gasteiger partial charge on any atom is 0.345 e. The first-order chi connectivity index (χ1) is 8.22. The van der Waals surface area contributed by atoms with E-state index in [9.17, 15) is 4.79 Å². The molecule has 0 fully saturated rings. The molecule has 1 aromatic heterocycles. The molecule has 0 unspecified atom stereocenters. The van der Waals surface area contributed by atoms with Gasteiger partial charge in [-0.25, -0.2) is 9.78 Å². The van der Waals surface area contributed by atoms with Crippen LogP contribution in [0.5, 0.6) is 11.9 Å². The lowest BCUT2D eigenvalue weighted by molar-refractivity contribution is 0.0520. The van der Waals surface area contributed by atoms with Crippen molar-refractivity contribution in [2.75, 3.05) is 19.8 Å². The molecule has 0 aliphatic carbocycles. The number of rotatable bonds is 6. The van der Waals surface area contributed by atoms with E-state index in [-0.39, 0.29) is 24.1 Å². The molecule has 1 rings (SSSR count). The molecule has 0 radical (unpaired) electrons.